The molecule has 1 amide bonds. The largest absolute Gasteiger partial charge is 0.482 e. The molecule has 2 aromatic rings. The Kier molecular flexibility index (Phi) is 6.11. The van der Waals surface area contributed by atoms with Crippen LogP contribution in [-0.2, 0) is 11.3 Å². The van der Waals surface area contributed by atoms with Crippen LogP contribution >= 0.6 is 11.6 Å². The highest BCUT2D eigenvalue weighted by molar-refractivity contribution is 6.32. The summed E-state index contributed by atoms with van der Waals surface area (Å²) in [6.45, 7) is 1.17. The predicted molar refractivity (Wildman–Crippen MR) is 92.8 cm³/mol. The number of rotatable bonds is 6. The summed E-state index contributed by atoms with van der Waals surface area (Å²) in [5.41, 5.74) is 0.233. The average molecular weight is 383 g/mol. The van der Waals surface area contributed by atoms with Crippen molar-refractivity contribution in [3.8, 4) is 5.75 Å². The van der Waals surface area contributed by atoms with Crippen molar-refractivity contribution >= 4 is 17.5 Å². The van der Waals surface area contributed by atoms with Crippen molar-refractivity contribution in [1.29, 1.82) is 0 Å². The lowest BCUT2D eigenvalue weighted by molar-refractivity contribution is 0.0423. The van der Waals surface area contributed by atoms with E-state index in [0.717, 1.165) is 25.3 Å². The number of likely N-dealkylation sites (tertiary alicyclic amines) is 1. The van der Waals surface area contributed by atoms with Gasteiger partial charge in [0.05, 0.1) is 17.7 Å². The maximum atomic E-state index is 13.0. The summed E-state index contributed by atoms with van der Waals surface area (Å²) in [5.74, 6) is -0.0653. The number of aromatic nitrogens is 1. The average Bonchev–Trinajstić information content (AvgIpc) is 3.10. The van der Waals surface area contributed by atoms with Crippen molar-refractivity contribution in [2.75, 3.05) is 20.3 Å². The standard InChI is InChI=1S/C18H20ClFN2O4/c1-24-9-13-4-2-3-7-22(13)18(23)15-10-26-17(21-15)11-25-16-6-5-12(20)8-14(16)19/h5-6,8,10,13H,2-4,7,9,11H2,1H3. The lowest BCUT2D eigenvalue weighted by Crippen LogP contribution is -2.46. The molecule has 1 aromatic heterocycles. The summed E-state index contributed by atoms with van der Waals surface area (Å²) in [4.78, 5) is 18.7. The molecule has 1 unspecified atom stereocenters. The summed E-state index contributed by atoms with van der Waals surface area (Å²) >= 11 is 5.91. The lowest BCUT2D eigenvalue weighted by Gasteiger charge is -2.34. The Bertz CT molecular complexity index is 765. The first kappa shape index (κ1) is 18.7. The van der Waals surface area contributed by atoms with Crippen LogP contribution in [0.1, 0.15) is 35.6 Å². The number of methoxy groups -OCH3 is 1. The molecule has 1 fully saturated rings. The van der Waals surface area contributed by atoms with Gasteiger partial charge >= 0.3 is 0 Å². The zero-order valence-electron chi connectivity index (χ0n) is 14.4. The summed E-state index contributed by atoms with van der Waals surface area (Å²) in [5, 5.41) is 0.156. The van der Waals surface area contributed by atoms with Gasteiger partial charge in [-0.2, -0.15) is 0 Å². The Labute approximate surface area is 155 Å². The minimum Gasteiger partial charge on any atom is -0.482 e. The second kappa shape index (κ2) is 8.51. The molecular weight excluding hydrogens is 363 g/mol. The maximum Gasteiger partial charge on any atom is 0.276 e. The van der Waals surface area contributed by atoms with E-state index < -0.39 is 5.82 Å². The van der Waals surface area contributed by atoms with Gasteiger partial charge in [-0.25, -0.2) is 9.37 Å². The Hall–Kier alpha value is -2.12. The normalized spacial score (nSPS) is 17.3. The number of benzene rings is 1. The summed E-state index contributed by atoms with van der Waals surface area (Å²) in [7, 11) is 1.63. The molecule has 0 saturated carbocycles. The molecule has 1 saturated heterocycles. The number of ether oxygens (including phenoxy) is 2. The molecule has 1 aliphatic rings. The third-order valence-corrected chi connectivity index (χ3v) is 4.56. The van der Waals surface area contributed by atoms with Gasteiger partial charge in [-0.05, 0) is 37.5 Å². The van der Waals surface area contributed by atoms with E-state index in [0.29, 0.717) is 18.9 Å². The van der Waals surface area contributed by atoms with Crippen LogP contribution in [0, 0.1) is 5.82 Å². The van der Waals surface area contributed by atoms with E-state index in [1.807, 2.05) is 0 Å². The molecule has 1 aliphatic heterocycles. The highest BCUT2D eigenvalue weighted by Gasteiger charge is 2.29. The number of carbonyl (C=O) groups is 1. The van der Waals surface area contributed by atoms with Gasteiger partial charge in [-0.1, -0.05) is 11.6 Å². The van der Waals surface area contributed by atoms with Gasteiger partial charge in [0.15, 0.2) is 12.3 Å². The maximum absolute atomic E-state index is 13.0. The van der Waals surface area contributed by atoms with Gasteiger partial charge < -0.3 is 18.8 Å². The summed E-state index contributed by atoms with van der Waals surface area (Å²) in [6.07, 6.45) is 4.28. The fourth-order valence-corrected chi connectivity index (χ4v) is 3.21. The highest BCUT2D eigenvalue weighted by Crippen LogP contribution is 2.26. The molecule has 0 bridgehead atoms. The molecule has 0 aliphatic carbocycles. The van der Waals surface area contributed by atoms with Crippen molar-refractivity contribution in [3.05, 3.63) is 46.9 Å². The van der Waals surface area contributed by atoms with Crippen molar-refractivity contribution < 1.29 is 23.1 Å². The molecule has 3 rings (SSSR count). The van der Waals surface area contributed by atoms with E-state index in [9.17, 15) is 9.18 Å². The van der Waals surface area contributed by atoms with Gasteiger partial charge in [-0.3, -0.25) is 4.79 Å². The molecule has 6 nitrogen and oxygen atoms in total. The smallest absolute Gasteiger partial charge is 0.276 e. The van der Waals surface area contributed by atoms with Crippen LogP contribution in [0.25, 0.3) is 0 Å². The SMILES string of the molecule is COCC1CCCCN1C(=O)c1coc(COc2ccc(F)cc2Cl)n1. The molecule has 0 radical (unpaired) electrons. The first-order valence-corrected chi connectivity index (χ1v) is 8.78. The van der Waals surface area contributed by atoms with Crippen LogP contribution in [0.2, 0.25) is 5.02 Å². The zero-order valence-corrected chi connectivity index (χ0v) is 15.2. The summed E-state index contributed by atoms with van der Waals surface area (Å²) in [6, 6.07) is 3.89. The van der Waals surface area contributed by atoms with Crippen LogP contribution in [0.15, 0.2) is 28.9 Å². The quantitative estimate of drug-likeness (QED) is 0.762. The Balaban J connectivity index is 1.64. The van der Waals surface area contributed by atoms with Crippen molar-refractivity contribution in [1.82, 2.24) is 9.88 Å². The Morgan fingerprint density at radius 2 is 2.31 bits per heavy atom. The fraction of sp³-hybridized carbons (Fsp3) is 0.444. The van der Waals surface area contributed by atoms with E-state index in [-0.39, 0.29) is 35.2 Å². The molecule has 2 heterocycles. The molecule has 1 aromatic carbocycles. The van der Waals surface area contributed by atoms with Crippen LogP contribution < -0.4 is 4.74 Å². The van der Waals surface area contributed by atoms with Crippen molar-refractivity contribution in [2.45, 2.75) is 31.9 Å². The summed E-state index contributed by atoms with van der Waals surface area (Å²) < 4.78 is 29.1. The van der Waals surface area contributed by atoms with E-state index >= 15 is 0 Å². The lowest BCUT2D eigenvalue weighted by atomic mass is 10.0. The minimum atomic E-state index is -0.446. The number of carbonyl (C=O) groups excluding carboxylic acids is 1. The van der Waals surface area contributed by atoms with Crippen molar-refractivity contribution in [2.24, 2.45) is 0 Å². The number of hydrogen-bond acceptors (Lipinski definition) is 5. The predicted octanol–water partition coefficient (Wildman–Crippen LogP) is 3.69. The molecule has 1 atom stereocenters. The molecule has 0 N–H and O–H groups in total. The van der Waals surface area contributed by atoms with Crippen LogP contribution in [0.4, 0.5) is 4.39 Å². The Morgan fingerprint density at radius 3 is 3.08 bits per heavy atom. The minimum absolute atomic E-state index is 0.0138. The van der Waals surface area contributed by atoms with E-state index in [1.54, 1.807) is 12.0 Å². The molecular formula is C18H20ClFN2O4. The van der Waals surface area contributed by atoms with Crippen molar-refractivity contribution in [3.63, 3.8) is 0 Å². The molecule has 26 heavy (non-hydrogen) atoms. The third kappa shape index (κ3) is 4.34. The van der Waals surface area contributed by atoms with E-state index in [2.05, 4.69) is 4.98 Å². The number of amides is 1. The monoisotopic (exact) mass is 382 g/mol. The van der Waals surface area contributed by atoms with Crippen LogP contribution in [-0.4, -0.2) is 42.1 Å². The van der Waals surface area contributed by atoms with E-state index in [1.165, 1.54) is 18.4 Å². The number of halogens is 2. The van der Waals surface area contributed by atoms with Gasteiger partial charge in [-0.15, -0.1) is 0 Å². The fourth-order valence-electron chi connectivity index (χ4n) is 2.99. The van der Waals surface area contributed by atoms with Gasteiger partial charge in [0, 0.05) is 13.7 Å². The van der Waals surface area contributed by atoms with Gasteiger partial charge in [0.1, 0.15) is 17.8 Å². The zero-order chi connectivity index (χ0) is 18.5. The second-order valence-corrected chi connectivity index (χ2v) is 6.50. The van der Waals surface area contributed by atoms with Crippen LogP contribution in [0.3, 0.4) is 0 Å². The number of nitrogens with zero attached hydrogens (tertiary/aromatic N) is 2. The van der Waals surface area contributed by atoms with Gasteiger partial charge in [0.25, 0.3) is 5.91 Å². The molecule has 0 spiro atoms. The van der Waals surface area contributed by atoms with Crippen LogP contribution in [0.5, 0.6) is 5.75 Å². The molecule has 140 valence electrons. The highest BCUT2D eigenvalue weighted by atomic mass is 35.5. The number of piperidine rings is 1. The number of hydrogen-bond donors (Lipinski definition) is 0. The second-order valence-electron chi connectivity index (χ2n) is 6.09. The molecule has 8 heteroatoms. The van der Waals surface area contributed by atoms with E-state index in [4.69, 9.17) is 25.5 Å². The topological polar surface area (TPSA) is 64.8 Å². The third-order valence-electron chi connectivity index (χ3n) is 4.26. The Morgan fingerprint density at radius 1 is 1.46 bits per heavy atom. The van der Waals surface area contributed by atoms with Gasteiger partial charge in [0.2, 0.25) is 5.89 Å². The number of oxazole rings is 1. The first-order valence-electron chi connectivity index (χ1n) is 8.40. The first-order chi connectivity index (χ1) is 12.6.